The lowest BCUT2D eigenvalue weighted by atomic mass is 10.2. The number of amides is 1. The van der Waals surface area contributed by atoms with E-state index in [1.54, 1.807) is 35.6 Å². The highest BCUT2D eigenvalue weighted by Gasteiger charge is 2.07. The highest BCUT2D eigenvalue weighted by atomic mass is 32.1. The summed E-state index contributed by atoms with van der Waals surface area (Å²) in [7, 11) is 1.54. The van der Waals surface area contributed by atoms with Crippen LogP contribution in [0.5, 0.6) is 11.5 Å². The number of carbonyl (C=O) groups excluding carboxylic acids is 2. The van der Waals surface area contributed by atoms with E-state index in [1.807, 2.05) is 16.8 Å². The van der Waals surface area contributed by atoms with Gasteiger partial charge in [0.05, 0.1) is 6.42 Å². The summed E-state index contributed by atoms with van der Waals surface area (Å²) >= 11 is 1.61. The zero-order valence-corrected chi connectivity index (χ0v) is 13.0. The fourth-order valence-electron chi connectivity index (χ4n) is 1.71. The maximum atomic E-state index is 11.8. The standard InChI is InChI=1S/C16H17NO4S/c1-17-15(18)10-20-13-3-2-4-14(9-13)21-16(19)6-5-12-7-8-22-11-12/h2-4,7-9,11H,5-6,10H2,1H3,(H,17,18). The van der Waals surface area contributed by atoms with Crippen molar-refractivity contribution in [2.75, 3.05) is 13.7 Å². The molecule has 0 aliphatic rings. The topological polar surface area (TPSA) is 64.6 Å². The molecule has 0 saturated heterocycles. The number of carbonyl (C=O) groups is 2. The van der Waals surface area contributed by atoms with Crippen molar-refractivity contribution in [3.8, 4) is 11.5 Å². The van der Waals surface area contributed by atoms with Gasteiger partial charge in [-0.1, -0.05) is 6.07 Å². The summed E-state index contributed by atoms with van der Waals surface area (Å²) in [6.07, 6.45) is 0.981. The van der Waals surface area contributed by atoms with Crippen LogP contribution in [-0.2, 0) is 16.0 Å². The third kappa shape index (κ3) is 5.21. The minimum Gasteiger partial charge on any atom is -0.484 e. The molecule has 1 aromatic carbocycles. The fourth-order valence-corrected chi connectivity index (χ4v) is 2.42. The Kier molecular flexibility index (Phi) is 5.97. The van der Waals surface area contributed by atoms with Crippen LogP contribution in [0.4, 0.5) is 0 Å². The predicted molar refractivity (Wildman–Crippen MR) is 84.3 cm³/mol. The van der Waals surface area contributed by atoms with Crippen LogP contribution in [0.1, 0.15) is 12.0 Å². The average Bonchev–Trinajstić information content (AvgIpc) is 3.04. The van der Waals surface area contributed by atoms with Gasteiger partial charge in [-0.3, -0.25) is 9.59 Å². The molecule has 0 radical (unpaired) electrons. The van der Waals surface area contributed by atoms with E-state index in [4.69, 9.17) is 9.47 Å². The van der Waals surface area contributed by atoms with E-state index in [9.17, 15) is 9.59 Å². The van der Waals surface area contributed by atoms with E-state index >= 15 is 0 Å². The number of likely N-dealkylation sites (N-methyl/N-ethyl adjacent to an activating group) is 1. The largest absolute Gasteiger partial charge is 0.484 e. The van der Waals surface area contributed by atoms with E-state index in [2.05, 4.69) is 5.32 Å². The van der Waals surface area contributed by atoms with Gasteiger partial charge in [-0.2, -0.15) is 11.3 Å². The van der Waals surface area contributed by atoms with Crippen LogP contribution < -0.4 is 14.8 Å². The van der Waals surface area contributed by atoms with Crippen molar-refractivity contribution in [3.05, 3.63) is 46.7 Å². The molecule has 0 aliphatic carbocycles. The number of ether oxygens (including phenoxy) is 2. The van der Waals surface area contributed by atoms with Crippen molar-refractivity contribution in [1.82, 2.24) is 5.32 Å². The Bertz CT molecular complexity index is 625. The third-order valence-corrected chi connectivity index (χ3v) is 3.62. The smallest absolute Gasteiger partial charge is 0.311 e. The molecule has 0 saturated carbocycles. The van der Waals surface area contributed by atoms with Crippen LogP contribution in [0, 0.1) is 0 Å². The summed E-state index contributed by atoms with van der Waals surface area (Å²) in [6, 6.07) is 8.66. The molecule has 1 heterocycles. The minimum absolute atomic E-state index is 0.0773. The van der Waals surface area contributed by atoms with Crippen LogP contribution in [0.3, 0.4) is 0 Å². The maximum absolute atomic E-state index is 11.8. The number of thiophene rings is 1. The molecule has 6 heteroatoms. The lowest BCUT2D eigenvalue weighted by Crippen LogP contribution is -2.24. The monoisotopic (exact) mass is 319 g/mol. The molecule has 1 aromatic heterocycles. The molecule has 0 fully saturated rings. The van der Waals surface area contributed by atoms with E-state index in [0.717, 1.165) is 5.56 Å². The van der Waals surface area contributed by atoms with Crippen molar-refractivity contribution in [2.24, 2.45) is 0 Å². The Morgan fingerprint density at radius 3 is 2.77 bits per heavy atom. The summed E-state index contributed by atoms with van der Waals surface area (Å²) in [5.41, 5.74) is 1.13. The fraction of sp³-hybridized carbons (Fsp3) is 0.250. The molecular weight excluding hydrogens is 302 g/mol. The molecule has 2 rings (SSSR count). The zero-order valence-electron chi connectivity index (χ0n) is 12.2. The number of esters is 1. The Hall–Kier alpha value is -2.34. The van der Waals surface area contributed by atoms with Gasteiger partial charge in [0.1, 0.15) is 11.5 Å². The molecule has 1 N–H and O–H groups in total. The summed E-state index contributed by atoms with van der Waals surface area (Å²) < 4.78 is 10.6. The van der Waals surface area contributed by atoms with Crippen molar-refractivity contribution < 1.29 is 19.1 Å². The van der Waals surface area contributed by atoms with Gasteiger partial charge in [0, 0.05) is 13.1 Å². The van der Waals surface area contributed by atoms with Gasteiger partial charge in [-0.25, -0.2) is 0 Å². The minimum atomic E-state index is -0.297. The summed E-state index contributed by atoms with van der Waals surface area (Å²) in [4.78, 5) is 22.9. The molecule has 5 nitrogen and oxygen atoms in total. The number of aryl methyl sites for hydroxylation is 1. The molecule has 2 aromatic rings. The Morgan fingerprint density at radius 2 is 2.05 bits per heavy atom. The Labute approximate surface area is 132 Å². The zero-order chi connectivity index (χ0) is 15.8. The highest BCUT2D eigenvalue weighted by Crippen LogP contribution is 2.20. The molecule has 0 spiro atoms. The normalized spacial score (nSPS) is 10.0. The molecule has 1 amide bonds. The van der Waals surface area contributed by atoms with Crippen LogP contribution in [0.15, 0.2) is 41.1 Å². The van der Waals surface area contributed by atoms with Gasteiger partial charge in [-0.05, 0) is 40.9 Å². The number of hydrogen-bond donors (Lipinski definition) is 1. The molecule has 0 aliphatic heterocycles. The number of hydrogen-bond acceptors (Lipinski definition) is 5. The van der Waals surface area contributed by atoms with Gasteiger partial charge in [-0.15, -0.1) is 0 Å². The lowest BCUT2D eigenvalue weighted by molar-refractivity contribution is -0.134. The van der Waals surface area contributed by atoms with E-state index in [0.29, 0.717) is 24.3 Å². The average molecular weight is 319 g/mol. The molecule has 0 atom stereocenters. The first-order valence-corrected chi connectivity index (χ1v) is 7.77. The number of benzene rings is 1. The predicted octanol–water partition coefficient (Wildman–Crippen LogP) is 2.41. The van der Waals surface area contributed by atoms with Gasteiger partial charge < -0.3 is 14.8 Å². The molecule has 116 valence electrons. The molecular formula is C16H17NO4S. The van der Waals surface area contributed by atoms with Gasteiger partial charge >= 0.3 is 5.97 Å². The second kappa shape index (κ2) is 8.19. The van der Waals surface area contributed by atoms with E-state index < -0.39 is 0 Å². The molecule has 0 bridgehead atoms. The lowest BCUT2D eigenvalue weighted by Gasteiger charge is -2.08. The van der Waals surface area contributed by atoms with Gasteiger partial charge in [0.2, 0.25) is 0 Å². The first-order chi connectivity index (χ1) is 10.7. The van der Waals surface area contributed by atoms with Crippen LogP contribution in [0.25, 0.3) is 0 Å². The van der Waals surface area contributed by atoms with E-state index in [1.165, 1.54) is 7.05 Å². The van der Waals surface area contributed by atoms with Crippen molar-refractivity contribution in [3.63, 3.8) is 0 Å². The highest BCUT2D eigenvalue weighted by molar-refractivity contribution is 7.07. The molecule has 0 unspecified atom stereocenters. The SMILES string of the molecule is CNC(=O)COc1cccc(OC(=O)CCc2ccsc2)c1. The summed E-state index contributed by atoms with van der Waals surface area (Å²) in [5, 5.41) is 6.46. The van der Waals surface area contributed by atoms with Crippen molar-refractivity contribution in [1.29, 1.82) is 0 Å². The van der Waals surface area contributed by atoms with Crippen molar-refractivity contribution in [2.45, 2.75) is 12.8 Å². The van der Waals surface area contributed by atoms with E-state index in [-0.39, 0.29) is 18.5 Å². The second-order valence-corrected chi connectivity index (χ2v) is 5.32. The quantitative estimate of drug-likeness (QED) is 0.629. The first-order valence-electron chi connectivity index (χ1n) is 6.82. The number of rotatable bonds is 7. The van der Waals surface area contributed by atoms with Crippen LogP contribution in [0.2, 0.25) is 0 Å². The van der Waals surface area contributed by atoms with Crippen molar-refractivity contribution >= 4 is 23.2 Å². The number of nitrogens with one attached hydrogen (secondary N) is 1. The summed E-state index contributed by atoms with van der Waals surface area (Å²) in [5.74, 6) is 0.365. The first kappa shape index (κ1) is 16.0. The Morgan fingerprint density at radius 1 is 1.23 bits per heavy atom. The second-order valence-electron chi connectivity index (χ2n) is 4.54. The van der Waals surface area contributed by atoms with Gasteiger partial charge in [0.25, 0.3) is 5.91 Å². The summed E-state index contributed by atoms with van der Waals surface area (Å²) in [6.45, 7) is -0.0773. The molecule has 22 heavy (non-hydrogen) atoms. The maximum Gasteiger partial charge on any atom is 0.311 e. The van der Waals surface area contributed by atoms with Gasteiger partial charge in [0.15, 0.2) is 6.61 Å². The van der Waals surface area contributed by atoms with Crippen LogP contribution in [-0.4, -0.2) is 25.5 Å². The Balaban J connectivity index is 1.84. The third-order valence-electron chi connectivity index (χ3n) is 2.88. The van der Waals surface area contributed by atoms with Crippen LogP contribution >= 0.6 is 11.3 Å².